The number of nitrogens with zero attached hydrogens (tertiary/aromatic N) is 1. The van der Waals surface area contributed by atoms with Gasteiger partial charge >= 0.3 is 0 Å². The average Bonchev–Trinajstić information content (AvgIpc) is 2.98. The zero-order valence-corrected chi connectivity index (χ0v) is 11.9. The number of benzene rings is 1. The van der Waals surface area contributed by atoms with Crippen molar-refractivity contribution in [2.45, 2.75) is 19.4 Å². The summed E-state index contributed by atoms with van der Waals surface area (Å²) in [5.74, 6) is 0.600. The molecule has 0 fully saturated rings. The first-order valence-electron chi connectivity index (χ1n) is 6.31. The van der Waals surface area contributed by atoms with Gasteiger partial charge in [0.2, 0.25) is 0 Å². The van der Waals surface area contributed by atoms with Crippen molar-refractivity contribution >= 4 is 23.1 Å². The Morgan fingerprint density at radius 1 is 1.40 bits per heavy atom. The van der Waals surface area contributed by atoms with Crippen LogP contribution in [-0.4, -0.2) is 20.9 Å². The zero-order chi connectivity index (χ0) is 14.5. The summed E-state index contributed by atoms with van der Waals surface area (Å²) in [7, 11) is 0. The van der Waals surface area contributed by atoms with E-state index in [0.717, 1.165) is 17.8 Å². The number of aromatic nitrogens is 2. The molecule has 1 aromatic heterocycles. The summed E-state index contributed by atoms with van der Waals surface area (Å²) in [5, 5.41) is 2.94. The number of imidazole rings is 1. The first-order valence-corrected chi connectivity index (χ1v) is 6.72. The van der Waals surface area contributed by atoms with Crippen LogP contribution in [0.15, 0.2) is 36.7 Å². The minimum atomic E-state index is -0.150. The van der Waals surface area contributed by atoms with E-state index in [2.05, 4.69) is 15.3 Å². The second kappa shape index (κ2) is 6.29. The lowest BCUT2D eigenvalue weighted by atomic mass is 10.1. The van der Waals surface area contributed by atoms with E-state index in [-0.39, 0.29) is 11.9 Å². The number of hydrogen-bond acceptors (Lipinski definition) is 3. The third-order valence-corrected chi connectivity index (χ3v) is 3.23. The monoisotopic (exact) mass is 288 g/mol. The molecule has 0 aliphatic rings. The van der Waals surface area contributed by atoms with E-state index in [1.807, 2.05) is 6.92 Å². The molecule has 2 aromatic rings. The topological polar surface area (TPSA) is 83.8 Å². The highest BCUT2D eigenvalue weighted by molar-refractivity contribution is 7.80. The third kappa shape index (κ3) is 3.21. The highest BCUT2D eigenvalue weighted by atomic mass is 32.1. The molecule has 20 heavy (non-hydrogen) atoms. The number of nitrogens with one attached hydrogen (secondary N) is 2. The van der Waals surface area contributed by atoms with E-state index in [9.17, 15) is 4.79 Å². The van der Waals surface area contributed by atoms with Gasteiger partial charge in [0.25, 0.3) is 5.91 Å². The maximum atomic E-state index is 12.2. The number of carbonyl (C=O) groups excluding carboxylic acids is 1. The van der Waals surface area contributed by atoms with Gasteiger partial charge in [0.05, 0.1) is 6.04 Å². The van der Waals surface area contributed by atoms with Crippen LogP contribution in [0.2, 0.25) is 0 Å². The van der Waals surface area contributed by atoms with E-state index in [1.54, 1.807) is 36.7 Å². The van der Waals surface area contributed by atoms with Crippen molar-refractivity contribution in [1.82, 2.24) is 15.3 Å². The molecule has 0 aliphatic carbocycles. The lowest BCUT2D eigenvalue weighted by molar-refractivity contribution is 0.0934. The summed E-state index contributed by atoms with van der Waals surface area (Å²) in [4.78, 5) is 19.7. The molecule has 0 saturated carbocycles. The second-order valence-electron chi connectivity index (χ2n) is 4.35. The zero-order valence-electron chi connectivity index (χ0n) is 11.1. The van der Waals surface area contributed by atoms with E-state index in [1.165, 1.54) is 0 Å². The van der Waals surface area contributed by atoms with Crippen LogP contribution in [0.1, 0.15) is 41.1 Å². The summed E-state index contributed by atoms with van der Waals surface area (Å²) >= 11 is 4.88. The number of nitrogens with two attached hydrogens (primary N) is 1. The van der Waals surface area contributed by atoms with Crippen LogP contribution >= 0.6 is 12.2 Å². The first-order chi connectivity index (χ1) is 9.61. The molecule has 104 valence electrons. The minimum Gasteiger partial charge on any atom is -0.389 e. The molecule has 0 aliphatic heterocycles. The standard InChI is InChI=1S/C14H16N4OS/c1-2-11(13-16-7-8-17-13)18-14(19)10-5-3-9(4-6-10)12(15)20/h3-8,11H,2H2,1H3,(H2,15,20)(H,16,17)(H,18,19). The lowest BCUT2D eigenvalue weighted by Crippen LogP contribution is -2.28. The first kappa shape index (κ1) is 14.2. The van der Waals surface area contributed by atoms with Crippen LogP contribution in [0.3, 0.4) is 0 Å². The Morgan fingerprint density at radius 3 is 2.55 bits per heavy atom. The van der Waals surface area contributed by atoms with Crippen LogP contribution in [0, 0.1) is 0 Å². The molecule has 0 saturated heterocycles. The van der Waals surface area contributed by atoms with Crippen LogP contribution in [-0.2, 0) is 0 Å². The Balaban J connectivity index is 2.09. The Labute approximate surface area is 122 Å². The van der Waals surface area contributed by atoms with Crippen LogP contribution < -0.4 is 11.1 Å². The van der Waals surface area contributed by atoms with Crippen molar-refractivity contribution < 1.29 is 4.79 Å². The van der Waals surface area contributed by atoms with Crippen LogP contribution in [0.25, 0.3) is 0 Å². The summed E-state index contributed by atoms with van der Waals surface area (Å²) < 4.78 is 0. The van der Waals surface area contributed by atoms with Crippen LogP contribution in [0.5, 0.6) is 0 Å². The molecule has 1 amide bonds. The molecule has 5 nitrogen and oxygen atoms in total. The SMILES string of the molecule is CCC(NC(=O)c1ccc(C(N)=S)cc1)c1ncc[nH]1. The molecule has 2 rings (SSSR count). The van der Waals surface area contributed by atoms with Crippen molar-refractivity contribution in [3.8, 4) is 0 Å². The van der Waals surface area contributed by atoms with Crippen molar-refractivity contribution in [1.29, 1.82) is 0 Å². The molecular formula is C14H16N4OS. The molecule has 0 radical (unpaired) electrons. The van der Waals surface area contributed by atoms with Gasteiger partial charge in [0.1, 0.15) is 10.8 Å². The third-order valence-electron chi connectivity index (χ3n) is 2.99. The molecular weight excluding hydrogens is 272 g/mol. The van der Waals surface area contributed by atoms with Gasteiger partial charge in [-0.2, -0.15) is 0 Å². The molecule has 1 atom stereocenters. The fourth-order valence-electron chi connectivity index (χ4n) is 1.86. The maximum absolute atomic E-state index is 12.2. The minimum absolute atomic E-state index is 0.132. The summed E-state index contributed by atoms with van der Waals surface area (Å²) in [6.07, 6.45) is 4.16. The van der Waals surface area contributed by atoms with Crippen molar-refractivity contribution in [2.75, 3.05) is 0 Å². The van der Waals surface area contributed by atoms with E-state index in [0.29, 0.717) is 10.6 Å². The van der Waals surface area contributed by atoms with Gasteiger partial charge in [-0.25, -0.2) is 4.98 Å². The van der Waals surface area contributed by atoms with Crippen molar-refractivity contribution in [3.05, 3.63) is 53.6 Å². The smallest absolute Gasteiger partial charge is 0.251 e. The Hall–Kier alpha value is -2.21. The highest BCUT2D eigenvalue weighted by Crippen LogP contribution is 2.13. The van der Waals surface area contributed by atoms with E-state index >= 15 is 0 Å². The quantitative estimate of drug-likeness (QED) is 0.734. The fraction of sp³-hybridized carbons (Fsp3) is 0.214. The van der Waals surface area contributed by atoms with Gasteiger partial charge in [-0.05, 0) is 18.6 Å². The fourth-order valence-corrected chi connectivity index (χ4v) is 2.00. The number of hydrogen-bond donors (Lipinski definition) is 3. The molecule has 0 spiro atoms. The van der Waals surface area contributed by atoms with E-state index < -0.39 is 0 Å². The molecule has 1 aromatic carbocycles. The van der Waals surface area contributed by atoms with E-state index in [4.69, 9.17) is 18.0 Å². The molecule has 1 heterocycles. The number of rotatable bonds is 5. The Morgan fingerprint density at radius 2 is 2.05 bits per heavy atom. The van der Waals surface area contributed by atoms with Gasteiger partial charge in [0, 0.05) is 23.5 Å². The van der Waals surface area contributed by atoms with Crippen LogP contribution in [0.4, 0.5) is 0 Å². The van der Waals surface area contributed by atoms with Crippen molar-refractivity contribution in [2.24, 2.45) is 5.73 Å². The van der Waals surface area contributed by atoms with Gasteiger partial charge < -0.3 is 16.0 Å². The predicted molar refractivity (Wildman–Crippen MR) is 81.4 cm³/mol. The molecule has 6 heteroatoms. The predicted octanol–water partition coefficient (Wildman–Crippen LogP) is 1.92. The number of amides is 1. The largest absolute Gasteiger partial charge is 0.389 e. The van der Waals surface area contributed by atoms with Gasteiger partial charge in [0.15, 0.2) is 0 Å². The number of aromatic amines is 1. The summed E-state index contributed by atoms with van der Waals surface area (Å²) in [5.41, 5.74) is 6.83. The lowest BCUT2D eigenvalue weighted by Gasteiger charge is -2.14. The molecule has 1 unspecified atom stereocenters. The number of thiocarbonyl (C=S) groups is 1. The Kier molecular flexibility index (Phi) is 4.47. The van der Waals surface area contributed by atoms with Gasteiger partial charge in [-0.3, -0.25) is 4.79 Å². The highest BCUT2D eigenvalue weighted by Gasteiger charge is 2.15. The van der Waals surface area contributed by atoms with Gasteiger partial charge in [-0.15, -0.1) is 0 Å². The molecule has 0 bridgehead atoms. The summed E-state index contributed by atoms with van der Waals surface area (Å²) in [6.45, 7) is 1.99. The maximum Gasteiger partial charge on any atom is 0.251 e. The van der Waals surface area contributed by atoms with Gasteiger partial charge in [-0.1, -0.05) is 31.3 Å². The summed E-state index contributed by atoms with van der Waals surface area (Å²) in [6, 6.07) is 6.76. The normalized spacial score (nSPS) is 11.8. The Bertz CT molecular complexity index is 592. The average molecular weight is 288 g/mol. The van der Waals surface area contributed by atoms with Crippen molar-refractivity contribution in [3.63, 3.8) is 0 Å². The number of carbonyl (C=O) groups is 1. The molecule has 4 N–H and O–H groups in total. The number of H-pyrrole nitrogens is 1. The second-order valence-corrected chi connectivity index (χ2v) is 4.79.